The first-order valence-corrected chi connectivity index (χ1v) is 6.91. The van der Waals surface area contributed by atoms with Crippen LogP contribution in [-0.4, -0.2) is 44.5 Å². The Balaban J connectivity index is 1.88. The number of aryl methyl sites for hydroxylation is 2. The number of hydrogen-bond acceptors (Lipinski definition) is 3. The molecule has 1 aliphatic rings. The van der Waals surface area contributed by atoms with Gasteiger partial charge in [-0.2, -0.15) is 5.10 Å². The molecule has 2 rings (SSSR count). The Morgan fingerprint density at radius 3 is 2.61 bits per heavy atom. The normalized spacial score (nSPS) is 19.3. The van der Waals surface area contributed by atoms with Gasteiger partial charge in [-0.15, -0.1) is 0 Å². The fraction of sp³-hybridized carbons (Fsp3) is 0.786. The minimum absolute atomic E-state index is 0.112. The molecule has 4 heteroatoms. The predicted octanol–water partition coefficient (Wildman–Crippen LogP) is 1.59. The highest BCUT2D eigenvalue weighted by Gasteiger charge is 2.35. The lowest BCUT2D eigenvalue weighted by molar-refractivity contribution is -0.00163. The molecule has 0 aliphatic carbocycles. The van der Waals surface area contributed by atoms with Gasteiger partial charge in [-0.3, -0.25) is 9.58 Å². The maximum atomic E-state index is 10.4. The molecule has 1 aromatic heterocycles. The number of likely N-dealkylation sites (tertiary alicyclic amines) is 1. The molecule has 1 saturated heterocycles. The summed E-state index contributed by atoms with van der Waals surface area (Å²) in [5.41, 5.74) is 1.09. The molecule has 102 valence electrons. The molecular weight excluding hydrogens is 226 g/mol. The van der Waals surface area contributed by atoms with Gasteiger partial charge >= 0.3 is 0 Å². The van der Waals surface area contributed by atoms with Crippen LogP contribution in [0.5, 0.6) is 0 Å². The van der Waals surface area contributed by atoms with Gasteiger partial charge < -0.3 is 5.11 Å². The Morgan fingerprint density at radius 2 is 2.06 bits per heavy atom. The average molecular weight is 251 g/mol. The molecule has 0 bridgehead atoms. The van der Waals surface area contributed by atoms with E-state index >= 15 is 0 Å². The molecule has 1 aromatic rings. The van der Waals surface area contributed by atoms with E-state index in [1.54, 1.807) is 0 Å². The maximum Gasteiger partial charge on any atom is 0.0721 e. The lowest BCUT2D eigenvalue weighted by atomic mass is 9.91. The molecule has 1 fully saturated rings. The van der Waals surface area contributed by atoms with Crippen LogP contribution in [0.3, 0.4) is 0 Å². The summed E-state index contributed by atoms with van der Waals surface area (Å²) in [6.07, 6.45) is 7.85. The van der Waals surface area contributed by atoms with Gasteiger partial charge in [0, 0.05) is 18.8 Å². The molecule has 4 nitrogen and oxygen atoms in total. The monoisotopic (exact) mass is 251 g/mol. The SMILES string of the molecule is Cn1cc(CCC(O)C(C)(C)N2CCCC2)cn1. The van der Waals surface area contributed by atoms with Crippen molar-refractivity contribution in [3.63, 3.8) is 0 Å². The molecule has 0 amide bonds. The van der Waals surface area contributed by atoms with Gasteiger partial charge in [0.05, 0.1) is 12.3 Å². The van der Waals surface area contributed by atoms with E-state index in [9.17, 15) is 5.11 Å². The van der Waals surface area contributed by atoms with Gasteiger partial charge in [0.25, 0.3) is 0 Å². The highest BCUT2D eigenvalue weighted by Crippen LogP contribution is 2.26. The summed E-state index contributed by atoms with van der Waals surface area (Å²) >= 11 is 0. The topological polar surface area (TPSA) is 41.3 Å². The third kappa shape index (κ3) is 2.93. The van der Waals surface area contributed by atoms with Crippen LogP contribution >= 0.6 is 0 Å². The van der Waals surface area contributed by atoms with Crippen molar-refractivity contribution in [2.75, 3.05) is 13.1 Å². The first-order chi connectivity index (χ1) is 8.50. The van der Waals surface area contributed by atoms with E-state index < -0.39 is 0 Å². The quantitative estimate of drug-likeness (QED) is 0.864. The van der Waals surface area contributed by atoms with E-state index in [0.29, 0.717) is 0 Å². The fourth-order valence-electron chi connectivity index (χ4n) is 2.76. The van der Waals surface area contributed by atoms with Gasteiger partial charge in [-0.25, -0.2) is 0 Å². The van der Waals surface area contributed by atoms with Gasteiger partial charge in [0.15, 0.2) is 0 Å². The zero-order chi connectivity index (χ0) is 13.2. The predicted molar refractivity (Wildman–Crippen MR) is 72.4 cm³/mol. The molecule has 1 atom stereocenters. The largest absolute Gasteiger partial charge is 0.391 e. The maximum absolute atomic E-state index is 10.4. The Kier molecular flexibility index (Phi) is 4.07. The van der Waals surface area contributed by atoms with Crippen LogP contribution in [0, 0.1) is 0 Å². The van der Waals surface area contributed by atoms with Crippen molar-refractivity contribution in [1.82, 2.24) is 14.7 Å². The van der Waals surface area contributed by atoms with Gasteiger partial charge in [-0.05, 0) is 58.2 Å². The molecular formula is C14H25N3O. The average Bonchev–Trinajstić information content (AvgIpc) is 2.96. The van der Waals surface area contributed by atoms with E-state index in [1.807, 2.05) is 24.1 Å². The van der Waals surface area contributed by atoms with Crippen LogP contribution in [0.2, 0.25) is 0 Å². The van der Waals surface area contributed by atoms with Crippen LogP contribution in [-0.2, 0) is 13.5 Å². The van der Waals surface area contributed by atoms with Crippen molar-refractivity contribution in [3.05, 3.63) is 18.0 Å². The fourth-order valence-corrected chi connectivity index (χ4v) is 2.76. The lowest BCUT2D eigenvalue weighted by Crippen LogP contribution is -2.51. The molecule has 1 N–H and O–H groups in total. The lowest BCUT2D eigenvalue weighted by Gasteiger charge is -2.39. The van der Waals surface area contributed by atoms with Crippen molar-refractivity contribution in [2.24, 2.45) is 7.05 Å². The van der Waals surface area contributed by atoms with E-state index in [1.165, 1.54) is 18.4 Å². The van der Waals surface area contributed by atoms with Gasteiger partial charge in [-0.1, -0.05) is 0 Å². The Labute approximate surface area is 110 Å². The molecule has 18 heavy (non-hydrogen) atoms. The number of aliphatic hydroxyl groups excluding tert-OH is 1. The van der Waals surface area contributed by atoms with Crippen molar-refractivity contribution in [1.29, 1.82) is 0 Å². The molecule has 2 heterocycles. The third-order valence-corrected chi connectivity index (χ3v) is 4.20. The second-order valence-electron chi connectivity index (χ2n) is 5.92. The summed E-state index contributed by atoms with van der Waals surface area (Å²) in [5, 5.41) is 14.6. The number of rotatable bonds is 5. The minimum atomic E-state index is -0.282. The molecule has 0 saturated carbocycles. The van der Waals surface area contributed by atoms with Crippen LogP contribution < -0.4 is 0 Å². The highest BCUT2D eigenvalue weighted by molar-refractivity contribution is 5.04. The Bertz CT molecular complexity index is 380. The highest BCUT2D eigenvalue weighted by atomic mass is 16.3. The van der Waals surface area contributed by atoms with E-state index in [-0.39, 0.29) is 11.6 Å². The van der Waals surface area contributed by atoms with Gasteiger partial charge in [0.1, 0.15) is 0 Å². The summed E-state index contributed by atoms with van der Waals surface area (Å²) in [7, 11) is 1.92. The number of aliphatic hydroxyl groups is 1. The zero-order valence-corrected chi connectivity index (χ0v) is 11.8. The standard InChI is InChI=1S/C14H25N3O/c1-14(2,17-8-4-5-9-17)13(18)7-6-12-10-15-16(3)11-12/h10-11,13,18H,4-9H2,1-3H3. The molecule has 1 aliphatic heterocycles. The van der Waals surface area contributed by atoms with E-state index in [2.05, 4.69) is 23.8 Å². The van der Waals surface area contributed by atoms with Crippen molar-refractivity contribution >= 4 is 0 Å². The number of nitrogens with zero attached hydrogens (tertiary/aromatic N) is 3. The summed E-state index contributed by atoms with van der Waals surface area (Å²) in [6, 6.07) is 0. The number of hydrogen-bond donors (Lipinski definition) is 1. The van der Waals surface area contributed by atoms with Crippen molar-refractivity contribution in [2.45, 2.75) is 51.2 Å². The van der Waals surface area contributed by atoms with Crippen molar-refractivity contribution in [3.8, 4) is 0 Å². The van der Waals surface area contributed by atoms with Crippen LogP contribution in [0.15, 0.2) is 12.4 Å². The summed E-state index contributed by atoms with van der Waals surface area (Å²) in [4.78, 5) is 2.42. The third-order valence-electron chi connectivity index (χ3n) is 4.20. The zero-order valence-electron chi connectivity index (χ0n) is 11.8. The first-order valence-electron chi connectivity index (χ1n) is 6.91. The second-order valence-corrected chi connectivity index (χ2v) is 5.92. The molecule has 0 aromatic carbocycles. The minimum Gasteiger partial charge on any atom is -0.391 e. The smallest absolute Gasteiger partial charge is 0.0721 e. The summed E-state index contributed by atoms with van der Waals surface area (Å²) in [5.74, 6) is 0. The van der Waals surface area contributed by atoms with E-state index in [0.717, 1.165) is 25.9 Å². The Morgan fingerprint density at radius 1 is 1.39 bits per heavy atom. The Hall–Kier alpha value is -0.870. The molecule has 0 radical (unpaired) electrons. The van der Waals surface area contributed by atoms with Crippen LogP contribution in [0.1, 0.15) is 38.7 Å². The first kappa shape index (κ1) is 13.6. The van der Waals surface area contributed by atoms with Gasteiger partial charge in [0.2, 0.25) is 0 Å². The summed E-state index contributed by atoms with van der Waals surface area (Å²) < 4.78 is 1.81. The molecule has 0 spiro atoms. The van der Waals surface area contributed by atoms with Crippen molar-refractivity contribution < 1.29 is 5.11 Å². The van der Waals surface area contributed by atoms with E-state index in [4.69, 9.17) is 0 Å². The van der Waals surface area contributed by atoms with Crippen LogP contribution in [0.4, 0.5) is 0 Å². The second kappa shape index (κ2) is 5.41. The van der Waals surface area contributed by atoms with Crippen LogP contribution in [0.25, 0.3) is 0 Å². The molecule has 1 unspecified atom stereocenters. The number of aromatic nitrogens is 2. The summed E-state index contributed by atoms with van der Waals surface area (Å²) in [6.45, 7) is 6.56.